The normalized spacial score (nSPS) is 16.1. The highest BCUT2D eigenvalue weighted by molar-refractivity contribution is 9.10. The summed E-state index contributed by atoms with van der Waals surface area (Å²) in [6.45, 7) is 1.24. The number of sulfonamides is 1. The number of rotatable bonds is 5. The third-order valence-corrected chi connectivity index (χ3v) is 6.67. The van der Waals surface area contributed by atoms with Crippen molar-refractivity contribution < 1.29 is 22.0 Å². The van der Waals surface area contributed by atoms with Gasteiger partial charge in [0.2, 0.25) is 15.9 Å². The second-order valence-corrected chi connectivity index (χ2v) is 9.20. The molecular formula is C18H18BrF2N3O3S. The predicted molar refractivity (Wildman–Crippen MR) is 104 cm³/mol. The van der Waals surface area contributed by atoms with Crippen LogP contribution in [0.25, 0.3) is 0 Å². The Balaban J connectivity index is 1.56. The molecule has 150 valence electrons. The first-order valence-electron chi connectivity index (χ1n) is 8.48. The number of carbonyl (C=O) groups is 1. The van der Waals surface area contributed by atoms with Crippen LogP contribution in [0, 0.1) is 11.6 Å². The van der Waals surface area contributed by atoms with Gasteiger partial charge in [-0.25, -0.2) is 17.2 Å². The van der Waals surface area contributed by atoms with Gasteiger partial charge in [-0.1, -0.05) is 22.0 Å². The van der Waals surface area contributed by atoms with Crippen molar-refractivity contribution in [3.05, 3.63) is 58.6 Å². The summed E-state index contributed by atoms with van der Waals surface area (Å²) in [6, 6.07) is 9.28. The molecule has 0 atom stereocenters. The van der Waals surface area contributed by atoms with Gasteiger partial charge in [0.1, 0.15) is 11.6 Å². The zero-order chi connectivity index (χ0) is 20.3. The first-order chi connectivity index (χ1) is 13.2. The molecule has 28 heavy (non-hydrogen) atoms. The van der Waals surface area contributed by atoms with Crippen LogP contribution in [0.1, 0.15) is 0 Å². The Morgan fingerprint density at radius 1 is 1.04 bits per heavy atom. The van der Waals surface area contributed by atoms with Gasteiger partial charge in [-0.05, 0) is 30.3 Å². The van der Waals surface area contributed by atoms with Crippen molar-refractivity contribution in [2.75, 3.05) is 38.0 Å². The maximum Gasteiger partial charge on any atom is 0.243 e. The highest BCUT2D eigenvalue weighted by Crippen LogP contribution is 2.21. The lowest BCUT2D eigenvalue weighted by atomic mass is 10.3. The monoisotopic (exact) mass is 473 g/mol. The topological polar surface area (TPSA) is 69.7 Å². The molecule has 1 heterocycles. The number of anilines is 1. The standard InChI is InChI=1S/C18H18BrF2N3O3S/c19-13-2-1-3-17(8-13)28(26,27)24-6-4-23(5-7-24)12-18(25)22-16-10-14(20)9-15(21)11-16/h1-3,8-11H,4-7,12H2,(H,22,25). The molecule has 2 aromatic carbocycles. The first-order valence-corrected chi connectivity index (χ1v) is 10.7. The highest BCUT2D eigenvalue weighted by Gasteiger charge is 2.29. The lowest BCUT2D eigenvalue weighted by Gasteiger charge is -2.33. The van der Waals surface area contributed by atoms with E-state index < -0.39 is 27.6 Å². The maximum atomic E-state index is 13.2. The number of halogens is 3. The van der Waals surface area contributed by atoms with Crippen LogP contribution in [0.2, 0.25) is 0 Å². The van der Waals surface area contributed by atoms with Crippen molar-refractivity contribution in [1.29, 1.82) is 0 Å². The van der Waals surface area contributed by atoms with Crippen molar-refractivity contribution in [1.82, 2.24) is 9.21 Å². The van der Waals surface area contributed by atoms with Crippen molar-refractivity contribution in [3.8, 4) is 0 Å². The van der Waals surface area contributed by atoms with E-state index >= 15 is 0 Å². The van der Waals surface area contributed by atoms with Gasteiger partial charge in [-0.2, -0.15) is 4.31 Å². The van der Waals surface area contributed by atoms with E-state index in [0.29, 0.717) is 17.6 Å². The number of amides is 1. The molecule has 1 aliphatic rings. The van der Waals surface area contributed by atoms with Crippen LogP contribution in [0.5, 0.6) is 0 Å². The molecule has 0 saturated carbocycles. The fourth-order valence-electron chi connectivity index (χ4n) is 2.93. The largest absolute Gasteiger partial charge is 0.325 e. The predicted octanol–water partition coefficient (Wildman–Crippen LogP) is 2.67. The van der Waals surface area contributed by atoms with Crippen molar-refractivity contribution in [2.45, 2.75) is 4.90 Å². The Labute approximate surface area is 170 Å². The van der Waals surface area contributed by atoms with E-state index in [1.807, 2.05) is 0 Å². The third-order valence-electron chi connectivity index (χ3n) is 4.28. The summed E-state index contributed by atoms with van der Waals surface area (Å²) in [5.74, 6) is -1.98. The summed E-state index contributed by atoms with van der Waals surface area (Å²) < 4.78 is 53.9. The second kappa shape index (κ2) is 8.64. The van der Waals surface area contributed by atoms with Gasteiger partial charge in [0.25, 0.3) is 0 Å². The van der Waals surface area contributed by atoms with E-state index in [9.17, 15) is 22.0 Å². The van der Waals surface area contributed by atoms with Crippen LogP contribution in [0.4, 0.5) is 14.5 Å². The van der Waals surface area contributed by atoms with Crippen LogP contribution in [0.3, 0.4) is 0 Å². The van der Waals surface area contributed by atoms with E-state index in [2.05, 4.69) is 21.2 Å². The van der Waals surface area contributed by atoms with Gasteiger partial charge in [-0.3, -0.25) is 9.69 Å². The van der Waals surface area contributed by atoms with E-state index in [1.165, 1.54) is 10.4 Å². The Bertz CT molecular complexity index is 960. The number of benzene rings is 2. The number of nitrogens with zero attached hydrogens (tertiary/aromatic N) is 2. The molecular weight excluding hydrogens is 456 g/mol. The van der Waals surface area contributed by atoms with Crippen LogP contribution in [-0.2, 0) is 14.8 Å². The van der Waals surface area contributed by atoms with Gasteiger partial charge in [0, 0.05) is 42.4 Å². The van der Waals surface area contributed by atoms with E-state index in [1.54, 1.807) is 23.1 Å². The van der Waals surface area contributed by atoms with Crippen molar-refractivity contribution in [2.24, 2.45) is 0 Å². The molecule has 6 nitrogen and oxygen atoms in total. The summed E-state index contributed by atoms with van der Waals surface area (Å²) in [4.78, 5) is 14.1. The second-order valence-electron chi connectivity index (χ2n) is 6.34. The summed E-state index contributed by atoms with van der Waals surface area (Å²) in [7, 11) is -3.60. The van der Waals surface area contributed by atoms with E-state index in [4.69, 9.17) is 0 Å². The molecule has 1 N–H and O–H groups in total. The summed E-state index contributed by atoms with van der Waals surface area (Å²) in [6.07, 6.45) is 0. The molecule has 0 spiro atoms. The summed E-state index contributed by atoms with van der Waals surface area (Å²) in [5.41, 5.74) is 0.0402. The third kappa shape index (κ3) is 5.13. The average molecular weight is 474 g/mol. The summed E-state index contributed by atoms with van der Waals surface area (Å²) in [5, 5.41) is 2.45. The van der Waals surface area contributed by atoms with Crippen molar-refractivity contribution in [3.63, 3.8) is 0 Å². The maximum absolute atomic E-state index is 13.2. The molecule has 1 fully saturated rings. The fraction of sp³-hybridized carbons (Fsp3) is 0.278. The Morgan fingerprint density at radius 3 is 2.29 bits per heavy atom. The zero-order valence-corrected chi connectivity index (χ0v) is 17.1. The molecule has 1 saturated heterocycles. The molecule has 10 heteroatoms. The van der Waals surface area contributed by atoms with Crippen LogP contribution < -0.4 is 5.32 Å². The zero-order valence-electron chi connectivity index (χ0n) is 14.7. The molecule has 2 aromatic rings. The molecule has 0 bridgehead atoms. The van der Waals surface area contributed by atoms with Gasteiger partial charge in [0.15, 0.2) is 0 Å². The Morgan fingerprint density at radius 2 is 1.68 bits per heavy atom. The number of hydrogen-bond acceptors (Lipinski definition) is 4. The SMILES string of the molecule is O=C(CN1CCN(S(=O)(=O)c2cccc(Br)c2)CC1)Nc1cc(F)cc(F)c1. The Kier molecular flexibility index (Phi) is 6.43. The molecule has 1 aliphatic heterocycles. The fourth-order valence-corrected chi connectivity index (χ4v) is 4.95. The van der Waals surface area contributed by atoms with Gasteiger partial charge in [0.05, 0.1) is 11.4 Å². The van der Waals surface area contributed by atoms with Gasteiger partial charge in [-0.15, -0.1) is 0 Å². The van der Waals surface area contributed by atoms with E-state index in [0.717, 1.165) is 18.2 Å². The number of hydrogen-bond donors (Lipinski definition) is 1. The smallest absolute Gasteiger partial charge is 0.243 e. The lowest BCUT2D eigenvalue weighted by Crippen LogP contribution is -2.50. The van der Waals surface area contributed by atoms with Crippen molar-refractivity contribution >= 4 is 37.5 Å². The highest BCUT2D eigenvalue weighted by atomic mass is 79.9. The molecule has 1 amide bonds. The van der Waals surface area contributed by atoms with E-state index in [-0.39, 0.29) is 30.2 Å². The van der Waals surface area contributed by atoms with Crippen LogP contribution >= 0.6 is 15.9 Å². The number of carbonyl (C=O) groups excluding carboxylic acids is 1. The Hall–Kier alpha value is -1.88. The number of nitrogens with one attached hydrogen (secondary N) is 1. The molecule has 0 radical (unpaired) electrons. The minimum Gasteiger partial charge on any atom is -0.325 e. The molecule has 0 aliphatic carbocycles. The average Bonchev–Trinajstić information content (AvgIpc) is 2.61. The van der Waals surface area contributed by atoms with Crippen LogP contribution in [0.15, 0.2) is 51.8 Å². The quantitative estimate of drug-likeness (QED) is 0.724. The molecule has 0 unspecified atom stereocenters. The summed E-state index contributed by atoms with van der Waals surface area (Å²) >= 11 is 3.27. The van der Waals surface area contributed by atoms with Gasteiger partial charge >= 0.3 is 0 Å². The molecule has 3 rings (SSSR count). The first kappa shape index (κ1) is 20.8. The van der Waals surface area contributed by atoms with Gasteiger partial charge < -0.3 is 5.32 Å². The number of piperazine rings is 1. The molecule has 0 aromatic heterocycles. The minimum atomic E-state index is -3.60. The van der Waals surface area contributed by atoms with Crippen LogP contribution in [-0.4, -0.2) is 56.3 Å². The lowest BCUT2D eigenvalue weighted by molar-refractivity contribution is -0.117. The minimum absolute atomic E-state index is 0.00288.